The van der Waals surface area contributed by atoms with E-state index in [0.29, 0.717) is 35.8 Å². The Morgan fingerprint density at radius 3 is 1.97 bits per heavy atom. The van der Waals surface area contributed by atoms with Gasteiger partial charge in [-0.15, -0.1) is 0 Å². The highest BCUT2D eigenvalue weighted by atomic mass is 35.5. The van der Waals surface area contributed by atoms with Gasteiger partial charge >= 0.3 is 0 Å². The van der Waals surface area contributed by atoms with E-state index < -0.39 is 16.7 Å². The molecule has 0 heterocycles. The predicted molar refractivity (Wildman–Crippen MR) is 152 cm³/mol. The molecule has 1 aliphatic rings. The van der Waals surface area contributed by atoms with Crippen molar-refractivity contribution in [1.82, 2.24) is 0 Å². The minimum atomic E-state index is -0.780. The summed E-state index contributed by atoms with van der Waals surface area (Å²) in [4.78, 5) is 0. The van der Waals surface area contributed by atoms with Gasteiger partial charge < -0.3 is 0 Å². The van der Waals surface area contributed by atoms with Crippen molar-refractivity contribution in [3.05, 3.63) is 105 Å². The lowest BCUT2D eigenvalue weighted by Gasteiger charge is -2.29. The summed E-state index contributed by atoms with van der Waals surface area (Å²) < 4.78 is 42.1. The third-order valence-corrected chi connectivity index (χ3v) is 8.66. The molecule has 3 aromatic rings. The molecule has 0 bridgehead atoms. The Morgan fingerprint density at radius 2 is 1.32 bits per heavy atom. The zero-order valence-corrected chi connectivity index (χ0v) is 23.3. The highest BCUT2D eigenvalue weighted by Gasteiger charge is 2.22. The van der Waals surface area contributed by atoms with Crippen molar-refractivity contribution in [2.75, 3.05) is 0 Å². The van der Waals surface area contributed by atoms with Gasteiger partial charge in [-0.05, 0) is 122 Å². The Labute approximate surface area is 231 Å². The second-order valence-electron chi connectivity index (χ2n) is 11.1. The molecule has 0 N–H and O–H groups in total. The molecule has 0 nitrogen and oxygen atoms in total. The van der Waals surface area contributed by atoms with Gasteiger partial charge in [0.1, 0.15) is 22.5 Å². The topological polar surface area (TPSA) is 0 Å². The van der Waals surface area contributed by atoms with Crippen LogP contribution in [-0.2, 0) is 25.7 Å². The summed E-state index contributed by atoms with van der Waals surface area (Å²) in [5, 5.41) is -0.500. The number of hydrogen-bond donors (Lipinski definition) is 0. The lowest BCUT2D eigenvalue weighted by molar-refractivity contribution is 0.310. The Kier molecular flexibility index (Phi) is 10.8. The fraction of sp³-hybridized carbons (Fsp3) is 0.471. The number of rotatable bonds is 12. The van der Waals surface area contributed by atoms with Gasteiger partial charge in [-0.2, -0.15) is 0 Å². The first-order valence-electron chi connectivity index (χ1n) is 14.4. The molecule has 0 aromatic heterocycles. The first-order valence-corrected chi connectivity index (χ1v) is 14.8. The van der Waals surface area contributed by atoms with Crippen molar-refractivity contribution >= 4 is 11.6 Å². The maximum Gasteiger partial charge on any atom is 0.145 e. The third-order valence-electron chi connectivity index (χ3n) is 8.30. The fourth-order valence-electron chi connectivity index (χ4n) is 5.85. The monoisotopic (exact) mass is 540 g/mol. The summed E-state index contributed by atoms with van der Waals surface area (Å²) >= 11 is 5.55. The van der Waals surface area contributed by atoms with Crippen LogP contribution in [0.15, 0.2) is 54.6 Å². The van der Waals surface area contributed by atoms with E-state index in [0.717, 1.165) is 18.4 Å². The van der Waals surface area contributed by atoms with Crippen LogP contribution in [0.1, 0.15) is 98.4 Å². The van der Waals surface area contributed by atoms with Gasteiger partial charge in [-0.25, -0.2) is 13.2 Å². The van der Waals surface area contributed by atoms with E-state index in [1.807, 2.05) is 12.1 Å². The fourth-order valence-corrected chi connectivity index (χ4v) is 5.96. The SMILES string of the molecule is CCCCCCc1ccc(C2CCC(CCc3ccc(CCc4cc(F)c(Cl)c(F)c4)c(F)c3)CC2)cc1. The van der Waals surface area contributed by atoms with Gasteiger partial charge in [-0.1, -0.05) is 74.2 Å². The molecule has 1 aliphatic carbocycles. The van der Waals surface area contributed by atoms with E-state index in [4.69, 9.17) is 11.6 Å². The van der Waals surface area contributed by atoms with Gasteiger partial charge in [0.05, 0.1) is 0 Å². The van der Waals surface area contributed by atoms with Crippen molar-refractivity contribution in [3.8, 4) is 0 Å². The summed E-state index contributed by atoms with van der Waals surface area (Å²) in [6.45, 7) is 2.25. The highest BCUT2D eigenvalue weighted by molar-refractivity contribution is 6.30. The average Bonchev–Trinajstić information content (AvgIpc) is 2.93. The molecule has 0 aliphatic heterocycles. The summed E-state index contributed by atoms with van der Waals surface area (Å²) in [7, 11) is 0. The maximum absolute atomic E-state index is 14.7. The van der Waals surface area contributed by atoms with Crippen LogP contribution in [0.5, 0.6) is 0 Å². The third kappa shape index (κ3) is 8.12. The Morgan fingerprint density at radius 1 is 0.658 bits per heavy atom. The lowest BCUT2D eigenvalue weighted by atomic mass is 9.76. The van der Waals surface area contributed by atoms with Crippen molar-refractivity contribution in [2.45, 2.75) is 96.3 Å². The summed E-state index contributed by atoms with van der Waals surface area (Å²) in [6.07, 6.45) is 14.1. The van der Waals surface area contributed by atoms with Crippen molar-refractivity contribution in [3.63, 3.8) is 0 Å². The van der Waals surface area contributed by atoms with Crippen LogP contribution in [-0.4, -0.2) is 0 Å². The van der Waals surface area contributed by atoms with Crippen molar-refractivity contribution in [1.29, 1.82) is 0 Å². The van der Waals surface area contributed by atoms with Crippen LogP contribution in [0.4, 0.5) is 13.2 Å². The maximum atomic E-state index is 14.7. The molecule has 1 saturated carbocycles. The number of benzene rings is 3. The van der Waals surface area contributed by atoms with Crippen LogP contribution in [0.3, 0.4) is 0 Å². The van der Waals surface area contributed by atoms with Gasteiger partial charge in [0.2, 0.25) is 0 Å². The molecule has 204 valence electrons. The molecule has 0 atom stereocenters. The molecule has 4 rings (SSSR count). The summed E-state index contributed by atoms with van der Waals surface area (Å²) in [6, 6.07) is 17.3. The van der Waals surface area contributed by atoms with E-state index in [1.54, 1.807) is 6.07 Å². The van der Waals surface area contributed by atoms with Crippen molar-refractivity contribution < 1.29 is 13.2 Å². The molecule has 3 aromatic carbocycles. The quantitative estimate of drug-likeness (QED) is 0.158. The van der Waals surface area contributed by atoms with Crippen LogP contribution >= 0.6 is 11.6 Å². The molecule has 38 heavy (non-hydrogen) atoms. The van der Waals surface area contributed by atoms with E-state index in [1.165, 1.54) is 81.0 Å². The van der Waals surface area contributed by atoms with E-state index in [2.05, 4.69) is 31.2 Å². The molecular weight excluding hydrogens is 501 g/mol. The molecule has 0 spiro atoms. The van der Waals surface area contributed by atoms with E-state index >= 15 is 0 Å². The van der Waals surface area contributed by atoms with Crippen LogP contribution in [0, 0.1) is 23.4 Å². The van der Waals surface area contributed by atoms with Gasteiger partial charge in [0.25, 0.3) is 0 Å². The second kappa shape index (κ2) is 14.2. The smallest absolute Gasteiger partial charge is 0.145 e. The second-order valence-corrected chi connectivity index (χ2v) is 11.5. The first kappa shape index (κ1) is 28.7. The Hall–Kier alpha value is -2.26. The minimum Gasteiger partial charge on any atom is -0.207 e. The number of aryl methyl sites for hydroxylation is 4. The Balaban J connectivity index is 1.20. The zero-order chi connectivity index (χ0) is 26.9. The molecule has 0 amide bonds. The van der Waals surface area contributed by atoms with E-state index in [9.17, 15) is 13.2 Å². The summed E-state index contributed by atoms with van der Waals surface area (Å²) in [5.74, 6) is -0.439. The molecule has 0 radical (unpaired) electrons. The van der Waals surface area contributed by atoms with Crippen LogP contribution in [0.25, 0.3) is 0 Å². The first-order chi connectivity index (χ1) is 18.4. The van der Waals surface area contributed by atoms with Gasteiger partial charge in [-0.3, -0.25) is 0 Å². The minimum absolute atomic E-state index is 0.241. The van der Waals surface area contributed by atoms with Gasteiger partial charge in [0.15, 0.2) is 0 Å². The number of unbranched alkanes of at least 4 members (excludes halogenated alkanes) is 3. The molecule has 1 fully saturated rings. The van der Waals surface area contributed by atoms with E-state index in [-0.39, 0.29) is 5.82 Å². The van der Waals surface area contributed by atoms with Gasteiger partial charge in [0, 0.05) is 0 Å². The molecular formula is C34H40ClF3. The van der Waals surface area contributed by atoms with Crippen LogP contribution < -0.4 is 0 Å². The summed E-state index contributed by atoms with van der Waals surface area (Å²) in [5.41, 5.74) is 5.01. The van der Waals surface area contributed by atoms with Crippen LogP contribution in [0.2, 0.25) is 5.02 Å². The highest BCUT2D eigenvalue weighted by Crippen LogP contribution is 2.37. The normalized spacial score (nSPS) is 17.6. The molecule has 0 unspecified atom stereocenters. The Bertz CT molecular complexity index is 1140. The zero-order valence-electron chi connectivity index (χ0n) is 22.6. The standard InChI is InChI=1S/C34H40ClF3/c1-2-3-4-5-6-24-9-15-28(16-10-24)29-17-11-25(12-18-29)7-8-26-13-19-30(31(36)21-26)20-14-27-22-32(37)34(35)33(38)23-27/h9-10,13,15-16,19,21-23,25,29H,2-8,11-12,14,17-18,20H2,1H3. The largest absolute Gasteiger partial charge is 0.207 e. The number of hydrogen-bond acceptors (Lipinski definition) is 0. The lowest BCUT2D eigenvalue weighted by Crippen LogP contribution is -2.14. The van der Waals surface area contributed by atoms with Crippen molar-refractivity contribution in [2.24, 2.45) is 5.92 Å². The number of halogens is 4. The molecule has 4 heteroatoms. The molecule has 0 saturated heterocycles. The average molecular weight is 541 g/mol. The predicted octanol–water partition coefficient (Wildman–Crippen LogP) is 10.6.